The minimum Gasteiger partial charge on any atom is -0.494 e. The van der Waals surface area contributed by atoms with Gasteiger partial charge in [-0.2, -0.15) is 0 Å². The number of carbonyl (C=O) groups is 1. The summed E-state index contributed by atoms with van der Waals surface area (Å²) in [4.78, 5) is 11.8. The molecule has 1 aromatic carbocycles. The highest BCUT2D eigenvalue weighted by molar-refractivity contribution is 5.76. The summed E-state index contributed by atoms with van der Waals surface area (Å²) in [5, 5.41) is 5.14. The van der Waals surface area contributed by atoms with Crippen LogP contribution in [0.3, 0.4) is 0 Å². The Bertz CT molecular complexity index is 538. The zero-order chi connectivity index (χ0) is 16.2. The average molecular weight is 316 g/mol. The van der Waals surface area contributed by atoms with E-state index in [1.165, 1.54) is 13.2 Å². The number of amides is 1. The summed E-state index contributed by atoms with van der Waals surface area (Å²) >= 11 is 0. The molecule has 1 aliphatic heterocycles. The van der Waals surface area contributed by atoms with Crippen LogP contribution in [0.1, 0.15) is 18.4 Å². The van der Waals surface area contributed by atoms with E-state index < -0.39 is 23.7 Å². The second-order valence-corrected chi connectivity index (χ2v) is 5.27. The standard InChI is InChI=1S/C15H19F3N2O2/c1-22-11-4-2-3-10(14(11)16)5-6-13(21)20-12-9-19-8-7-15(12,17)18/h2-4,12,19H,5-9H2,1H3,(H,20,21)/t12-/m0/s1. The smallest absolute Gasteiger partial charge is 0.270 e. The fraction of sp³-hybridized carbons (Fsp3) is 0.533. The summed E-state index contributed by atoms with van der Waals surface area (Å²) in [7, 11) is 1.35. The lowest BCUT2D eigenvalue weighted by Gasteiger charge is -2.32. The highest BCUT2D eigenvalue weighted by atomic mass is 19.3. The van der Waals surface area contributed by atoms with Crippen LogP contribution >= 0.6 is 0 Å². The lowest BCUT2D eigenvalue weighted by Crippen LogP contribution is -2.57. The van der Waals surface area contributed by atoms with Gasteiger partial charge in [0.2, 0.25) is 5.91 Å². The maximum Gasteiger partial charge on any atom is 0.270 e. The second kappa shape index (κ2) is 7.00. The summed E-state index contributed by atoms with van der Waals surface area (Å²) < 4.78 is 46.0. The van der Waals surface area contributed by atoms with E-state index in [-0.39, 0.29) is 38.1 Å². The van der Waals surface area contributed by atoms with Crippen LogP contribution in [-0.4, -0.2) is 38.1 Å². The molecular formula is C15H19F3N2O2. The Balaban J connectivity index is 1.90. The molecule has 1 fully saturated rings. The number of halogens is 3. The molecule has 122 valence electrons. The van der Waals surface area contributed by atoms with Gasteiger partial charge < -0.3 is 15.4 Å². The Morgan fingerprint density at radius 2 is 2.27 bits per heavy atom. The number of hydrogen-bond donors (Lipinski definition) is 2. The number of methoxy groups -OCH3 is 1. The molecule has 1 aliphatic rings. The zero-order valence-electron chi connectivity index (χ0n) is 12.3. The zero-order valence-corrected chi connectivity index (χ0v) is 12.3. The van der Waals surface area contributed by atoms with Gasteiger partial charge in [-0.15, -0.1) is 0 Å². The van der Waals surface area contributed by atoms with Crippen molar-refractivity contribution in [2.75, 3.05) is 20.2 Å². The molecule has 0 unspecified atom stereocenters. The molecular weight excluding hydrogens is 297 g/mol. The molecule has 0 bridgehead atoms. The van der Waals surface area contributed by atoms with Gasteiger partial charge in [0, 0.05) is 25.9 Å². The van der Waals surface area contributed by atoms with Crippen molar-refractivity contribution in [3.8, 4) is 5.75 Å². The summed E-state index contributed by atoms with van der Waals surface area (Å²) in [6.07, 6.45) is -0.236. The highest BCUT2D eigenvalue weighted by Crippen LogP contribution is 2.25. The van der Waals surface area contributed by atoms with E-state index in [2.05, 4.69) is 10.6 Å². The number of nitrogens with one attached hydrogen (secondary N) is 2. The van der Waals surface area contributed by atoms with E-state index in [4.69, 9.17) is 4.74 Å². The molecule has 1 saturated heterocycles. The largest absolute Gasteiger partial charge is 0.494 e. The lowest BCUT2D eigenvalue weighted by molar-refractivity contribution is -0.127. The van der Waals surface area contributed by atoms with Gasteiger partial charge in [-0.1, -0.05) is 12.1 Å². The molecule has 0 aromatic heterocycles. The molecule has 22 heavy (non-hydrogen) atoms. The van der Waals surface area contributed by atoms with Crippen molar-refractivity contribution in [2.45, 2.75) is 31.2 Å². The number of alkyl halides is 2. The summed E-state index contributed by atoms with van der Waals surface area (Å²) in [6, 6.07) is 3.42. The number of ether oxygens (including phenoxy) is 1. The molecule has 1 atom stereocenters. The van der Waals surface area contributed by atoms with Gasteiger partial charge >= 0.3 is 0 Å². The van der Waals surface area contributed by atoms with Gasteiger partial charge in [-0.05, 0) is 18.1 Å². The molecule has 1 heterocycles. The summed E-state index contributed by atoms with van der Waals surface area (Å²) in [6.45, 7) is 0.265. The Labute approximate surface area is 127 Å². The Morgan fingerprint density at radius 3 is 2.95 bits per heavy atom. The third-order valence-corrected chi connectivity index (χ3v) is 3.71. The molecule has 2 N–H and O–H groups in total. The van der Waals surface area contributed by atoms with E-state index >= 15 is 0 Å². The van der Waals surface area contributed by atoms with Crippen molar-refractivity contribution >= 4 is 5.91 Å². The van der Waals surface area contributed by atoms with Gasteiger partial charge in [-0.25, -0.2) is 13.2 Å². The first kappa shape index (κ1) is 16.6. The fourth-order valence-electron chi connectivity index (χ4n) is 2.40. The molecule has 1 amide bonds. The SMILES string of the molecule is COc1cccc(CCC(=O)N[C@H]2CNCCC2(F)F)c1F. The summed E-state index contributed by atoms with van der Waals surface area (Å²) in [5.74, 6) is -3.86. The molecule has 0 spiro atoms. The first-order valence-corrected chi connectivity index (χ1v) is 7.13. The number of rotatable bonds is 5. The van der Waals surface area contributed by atoms with Gasteiger partial charge in [0.05, 0.1) is 7.11 Å². The molecule has 2 rings (SSSR count). The van der Waals surface area contributed by atoms with Crippen LogP contribution in [-0.2, 0) is 11.2 Å². The van der Waals surface area contributed by atoms with E-state index in [9.17, 15) is 18.0 Å². The quantitative estimate of drug-likeness (QED) is 0.872. The third-order valence-electron chi connectivity index (χ3n) is 3.71. The predicted octanol–water partition coefficient (Wildman–Crippen LogP) is 1.88. The minimum absolute atomic E-state index is 0.0340. The number of piperidine rings is 1. The monoisotopic (exact) mass is 316 g/mol. The first-order valence-electron chi connectivity index (χ1n) is 7.13. The molecule has 0 aliphatic carbocycles. The average Bonchev–Trinajstić information content (AvgIpc) is 2.48. The topological polar surface area (TPSA) is 50.4 Å². The van der Waals surface area contributed by atoms with Crippen LogP contribution < -0.4 is 15.4 Å². The molecule has 0 saturated carbocycles. The normalized spacial score (nSPS) is 20.5. The van der Waals surface area contributed by atoms with Gasteiger partial charge in [0.1, 0.15) is 6.04 Å². The Hall–Kier alpha value is -1.76. The van der Waals surface area contributed by atoms with Crippen LogP contribution in [0.15, 0.2) is 18.2 Å². The van der Waals surface area contributed by atoms with Crippen LogP contribution in [0.4, 0.5) is 13.2 Å². The van der Waals surface area contributed by atoms with Crippen LogP contribution in [0.5, 0.6) is 5.75 Å². The van der Waals surface area contributed by atoms with Crippen molar-refractivity contribution in [1.82, 2.24) is 10.6 Å². The van der Waals surface area contributed by atoms with Crippen molar-refractivity contribution in [1.29, 1.82) is 0 Å². The molecule has 0 radical (unpaired) electrons. The molecule has 1 aromatic rings. The predicted molar refractivity (Wildman–Crippen MR) is 75.6 cm³/mol. The van der Waals surface area contributed by atoms with Crippen molar-refractivity contribution in [3.05, 3.63) is 29.6 Å². The van der Waals surface area contributed by atoms with Crippen LogP contribution in [0.2, 0.25) is 0 Å². The van der Waals surface area contributed by atoms with E-state index in [0.717, 1.165) is 0 Å². The van der Waals surface area contributed by atoms with E-state index in [1.807, 2.05) is 0 Å². The Morgan fingerprint density at radius 1 is 1.50 bits per heavy atom. The summed E-state index contributed by atoms with van der Waals surface area (Å²) in [5.41, 5.74) is 0.322. The van der Waals surface area contributed by atoms with Crippen molar-refractivity contribution < 1.29 is 22.7 Å². The van der Waals surface area contributed by atoms with E-state index in [0.29, 0.717) is 5.56 Å². The second-order valence-electron chi connectivity index (χ2n) is 5.27. The van der Waals surface area contributed by atoms with Crippen molar-refractivity contribution in [3.63, 3.8) is 0 Å². The van der Waals surface area contributed by atoms with Gasteiger partial charge in [0.25, 0.3) is 5.92 Å². The van der Waals surface area contributed by atoms with Crippen LogP contribution in [0, 0.1) is 5.82 Å². The highest BCUT2D eigenvalue weighted by Gasteiger charge is 2.42. The molecule has 4 nitrogen and oxygen atoms in total. The number of hydrogen-bond acceptors (Lipinski definition) is 3. The van der Waals surface area contributed by atoms with E-state index in [1.54, 1.807) is 12.1 Å². The third kappa shape index (κ3) is 3.91. The number of benzene rings is 1. The van der Waals surface area contributed by atoms with Gasteiger partial charge in [0.15, 0.2) is 11.6 Å². The maximum absolute atomic E-state index is 13.9. The number of aryl methyl sites for hydroxylation is 1. The first-order chi connectivity index (χ1) is 10.4. The maximum atomic E-state index is 13.9. The number of carbonyl (C=O) groups excluding carboxylic acids is 1. The minimum atomic E-state index is -2.91. The van der Waals surface area contributed by atoms with Gasteiger partial charge in [-0.3, -0.25) is 4.79 Å². The Kier molecular flexibility index (Phi) is 5.28. The fourth-order valence-corrected chi connectivity index (χ4v) is 2.40. The van der Waals surface area contributed by atoms with Crippen molar-refractivity contribution in [2.24, 2.45) is 0 Å². The lowest BCUT2D eigenvalue weighted by atomic mass is 10.0. The molecule has 7 heteroatoms. The van der Waals surface area contributed by atoms with Crippen LogP contribution in [0.25, 0.3) is 0 Å².